The molecular weight excluding hydrogens is 226 g/mol. The molecule has 2 aromatic heterocycles. The molecule has 3 aromatic rings. The minimum absolute atomic E-state index is 0.637. The van der Waals surface area contributed by atoms with Crippen molar-refractivity contribution in [2.45, 2.75) is 13.5 Å². The molecule has 0 radical (unpaired) electrons. The van der Waals surface area contributed by atoms with Gasteiger partial charge in [0.05, 0.1) is 17.6 Å². The van der Waals surface area contributed by atoms with Crippen LogP contribution in [-0.4, -0.2) is 10.1 Å². The van der Waals surface area contributed by atoms with Gasteiger partial charge in [0.2, 0.25) is 0 Å². The first-order valence-electron chi connectivity index (χ1n) is 5.84. The van der Waals surface area contributed by atoms with Gasteiger partial charge in [0.25, 0.3) is 0 Å². The Kier molecular flexibility index (Phi) is 2.68. The van der Waals surface area contributed by atoms with E-state index in [-0.39, 0.29) is 0 Å². The summed E-state index contributed by atoms with van der Waals surface area (Å²) in [5, 5.41) is 8.25. The van der Waals surface area contributed by atoms with Crippen LogP contribution in [0, 0.1) is 6.92 Å². The third-order valence-electron chi connectivity index (χ3n) is 2.76. The zero-order chi connectivity index (χ0) is 12.4. The number of para-hydroxylation sites is 1. The Morgan fingerprint density at radius 3 is 2.89 bits per heavy atom. The predicted molar refractivity (Wildman–Crippen MR) is 70.3 cm³/mol. The topological polar surface area (TPSA) is 51.0 Å². The van der Waals surface area contributed by atoms with Gasteiger partial charge in [-0.15, -0.1) is 0 Å². The van der Waals surface area contributed by atoms with E-state index in [9.17, 15) is 0 Å². The highest BCUT2D eigenvalue weighted by atomic mass is 16.5. The quantitative estimate of drug-likeness (QED) is 0.762. The highest BCUT2D eigenvalue weighted by Crippen LogP contribution is 2.22. The number of rotatable bonds is 3. The number of hydrogen-bond donors (Lipinski definition) is 1. The summed E-state index contributed by atoms with van der Waals surface area (Å²) < 4.78 is 5.23. The van der Waals surface area contributed by atoms with Crippen molar-refractivity contribution >= 4 is 16.8 Å². The molecule has 1 aromatic carbocycles. The molecule has 4 nitrogen and oxygen atoms in total. The van der Waals surface area contributed by atoms with E-state index in [1.54, 1.807) is 0 Å². The van der Waals surface area contributed by atoms with E-state index >= 15 is 0 Å². The lowest BCUT2D eigenvalue weighted by atomic mass is 10.2. The van der Waals surface area contributed by atoms with Gasteiger partial charge in [0.1, 0.15) is 0 Å². The molecule has 0 amide bonds. The van der Waals surface area contributed by atoms with Crippen molar-refractivity contribution in [3.05, 3.63) is 53.9 Å². The van der Waals surface area contributed by atoms with Crippen molar-refractivity contribution in [1.29, 1.82) is 0 Å². The minimum atomic E-state index is 0.637. The maximum absolute atomic E-state index is 5.23. The summed E-state index contributed by atoms with van der Waals surface area (Å²) in [5.41, 5.74) is 2.79. The maximum Gasteiger partial charge on any atom is 0.177 e. The molecule has 0 fully saturated rings. The van der Waals surface area contributed by atoms with Crippen LogP contribution >= 0.6 is 0 Å². The van der Waals surface area contributed by atoms with E-state index in [2.05, 4.69) is 15.5 Å². The first-order valence-corrected chi connectivity index (χ1v) is 5.84. The van der Waals surface area contributed by atoms with E-state index in [1.165, 1.54) is 0 Å². The third kappa shape index (κ3) is 2.05. The van der Waals surface area contributed by atoms with Crippen LogP contribution in [0.4, 0.5) is 5.82 Å². The number of nitrogens with one attached hydrogen (secondary N) is 1. The predicted octanol–water partition coefficient (Wildman–Crippen LogP) is 3.14. The van der Waals surface area contributed by atoms with Crippen molar-refractivity contribution in [2.75, 3.05) is 5.32 Å². The Morgan fingerprint density at radius 1 is 1.11 bits per heavy atom. The van der Waals surface area contributed by atoms with E-state index in [0.717, 1.165) is 28.2 Å². The number of aryl methyl sites for hydroxylation is 1. The number of benzene rings is 1. The smallest absolute Gasteiger partial charge is 0.177 e. The normalized spacial score (nSPS) is 10.7. The first kappa shape index (κ1) is 10.8. The molecule has 18 heavy (non-hydrogen) atoms. The fraction of sp³-hybridized carbons (Fsp3) is 0.143. The van der Waals surface area contributed by atoms with Gasteiger partial charge in [-0.3, -0.25) is 4.98 Å². The molecule has 1 N–H and O–H groups in total. The summed E-state index contributed by atoms with van der Waals surface area (Å²) in [7, 11) is 0. The molecule has 3 rings (SSSR count). The zero-order valence-electron chi connectivity index (χ0n) is 10.1. The van der Waals surface area contributed by atoms with Crippen molar-refractivity contribution < 1.29 is 4.52 Å². The Bertz CT molecular complexity index is 675. The molecule has 0 unspecified atom stereocenters. The maximum atomic E-state index is 5.23. The molecular formula is C14H13N3O. The number of aromatic nitrogens is 2. The van der Waals surface area contributed by atoms with Crippen molar-refractivity contribution in [3.8, 4) is 0 Å². The van der Waals surface area contributed by atoms with Crippen LogP contribution in [0.3, 0.4) is 0 Å². The van der Waals surface area contributed by atoms with Gasteiger partial charge in [0, 0.05) is 5.69 Å². The Hall–Kier alpha value is -2.36. The lowest BCUT2D eigenvalue weighted by Crippen LogP contribution is -2.02. The molecule has 0 aliphatic rings. The average Bonchev–Trinajstić information content (AvgIpc) is 2.80. The Morgan fingerprint density at radius 2 is 2.00 bits per heavy atom. The van der Waals surface area contributed by atoms with Crippen LogP contribution in [0.5, 0.6) is 0 Å². The van der Waals surface area contributed by atoms with Gasteiger partial charge >= 0.3 is 0 Å². The molecule has 0 aliphatic heterocycles. The molecule has 0 saturated carbocycles. The van der Waals surface area contributed by atoms with Crippen molar-refractivity contribution in [3.63, 3.8) is 0 Å². The lowest BCUT2D eigenvalue weighted by molar-refractivity contribution is 0.459. The number of anilines is 1. The minimum Gasteiger partial charge on any atom is -0.361 e. The monoisotopic (exact) mass is 239 g/mol. The summed E-state index contributed by atoms with van der Waals surface area (Å²) in [5.74, 6) is 0.758. The fourth-order valence-corrected chi connectivity index (χ4v) is 1.89. The van der Waals surface area contributed by atoms with Crippen LogP contribution < -0.4 is 5.32 Å². The van der Waals surface area contributed by atoms with Gasteiger partial charge in [-0.05, 0) is 31.2 Å². The van der Waals surface area contributed by atoms with Gasteiger partial charge in [-0.2, -0.15) is 0 Å². The van der Waals surface area contributed by atoms with Crippen LogP contribution in [-0.2, 0) is 6.54 Å². The highest BCUT2D eigenvalue weighted by molar-refractivity contribution is 5.87. The molecule has 0 spiro atoms. The number of pyridine rings is 1. The van der Waals surface area contributed by atoms with Crippen LogP contribution in [0.15, 0.2) is 47.0 Å². The summed E-state index contributed by atoms with van der Waals surface area (Å²) in [4.78, 5) is 4.43. The summed E-state index contributed by atoms with van der Waals surface area (Å²) in [6.07, 6.45) is 0. The van der Waals surface area contributed by atoms with Crippen LogP contribution in [0.2, 0.25) is 0 Å². The molecule has 0 atom stereocenters. The molecule has 90 valence electrons. The highest BCUT2D eigenvalue weighted by Gasteiger charge is 2.06. The standard InChI is InChI=1S/C14H13N3O/c1-10-5-4-6-11(16-10)9-15-14-12-7-2-3-8-13(12)18-17-14/h2-8H,9H2,1H3,(H,15,17). The largest absolute Gasteiger partial charge is 0.361 e. The fourth-order valence-electron chi connectivity index (χ4n) is 1.89. The summed E-state index contributed by atoms with van der Waals surface area (Å²) in [6.45, 7) is 2.62. The van der Waals surface area contributed by atoms with E-state index in [0.29, 0.717) is 6.54 Å². The second kappa shape index (κ2) is 4.49. The van der Waals surface area contributed by atoms with Crippen molar-refractivity contribution in [2.24, 2.45) is 0 Å². The molecule has 2 heterocycles. The van der Waals surface area contributed by atoms with Gasteiger partial charge in [-0.25, -0.2) is 0 Å². The average molecular weight is 239 g/mol. The van der Waals surface area contributed by atoms with Gasteiger partial charge in [-0.1, -0.05) is 23.4 Å². The number of fused-ring (bicyclic) bond motifs is 1. The number of nitrogens with zero attached hydrogens (tertiary/aromatic N) is 2. The van der Waals surface area contributed by atoms with Gasteiger partial charge in [0.15, 0.2) is 11.4 Å². The molecule has 0 saturated heterocycles. The third-order valence-corrected chi connectivity index (χ3v) is 2.76. The van der Waals surface area contributed by atoms with Crippen LogP contribution in [0.25, 0.3) is 11.0 Å². The summed E-state index contributed by atoms with van der Waals surface area (Å²) >= 11 is 0. The first-order chi connectivity index (χ1) is 8.83. The van der Waals surface area contributed by atoms with E-state index in [4.69, 9.17) is 4.52 Å². The molecule has 4 heteroatoms. The Balaban J connectivity index is 1.81. The second-order valence-corrected chi connectivity index (χ2v) is 4.15. The lowest BCUT2D eigenvalue weighted by Gasteiger charge is -2.03. The van der Waals surface area contributed by atoms with Gasteiger partial charge < -0.3 is 9.84 Å². The van der Waals surface area contributed by atoms with E-state index < -0.39 is 0 Å². The van der Waals surface area contributed by atoms with Crippen molar-refractivity contribution in [1.82, 2.24) is 10.1 Å². The summed E-state index contributed by atoms with van der Waals surface area (Å²) in [6, 6.07) is 13.8. The second-order valence-electron chi connectivity index (χ2n) is 4.15. The molecule has 0 bridgehead atoms. The Labute approximate surface area is 105 Å². The number of hydrogen-bond acceptors (Lipinski definition) is 4. The molecule has 0 aliphatic carbocycles. The van der Waals surface area contributed by atoms with Crippen LogP contribution in [0.1, 0.15) is 11.4 Å². The SMILES string of the molecule is Cc1cccc(CNc2noc3ccccc23)n1. The van der Waals surface area contributed by atoms with E-state index in [1.807, 2.05) is 49.4 Å². The zero-order valence-corrected chi connectivity index (χ0v) is 10.1.